The lowest BCUT2D eigenvalue weighted by atomic mass is 10.2. The Morgan fingerprint density at radius 3 is 2.92 bits per heavy atom. The molecule has 1 aliphatic heterocycles. The minimum absolute atomic E-state index is 0.0762. The van der Waals surface area contributed by atoms with E-state index < -0.39 is 21.1 Å². The monoisotopic (exact) mass is 418 g/mol. The number of rotatable bonds is 5. The van der Waals surface area contributed by atoms with Crippen molar-refractivity contribution in [1.82, 2.24) is 15.5 Å². The van der Waals surface area contributed by atoms with E-state index in [1.807, 2.05) is 6.92 Å². The summed E-state index contributed by atoms with van der Waals surface area (Å²) in [7, 11) is -3.75. The molecule has 0 amide bonds. The Morgan fingerprint density at radius 1 is 1.46 bits per heavy atom. The van der Waals surface area contributed by atoms with Crippen LogP contribution in [0, 0.1) is 5.82 Å². The quantitative estimate of drug-likeness (QED) is 0.773. The van der Waals surface area contributed by atoms with Gasteiger partial charge in [0, 0.05) is 17.4 Å². The lowest BCUT2D eigenvalue weighted by Crippen LogP contribution is -2.29. The third-order valence-electron chi connectivity index (χ3n) is 3.80. The first-order valence-corrected chi connectivity index (χ1v) is 9.75. The minimum atomic E-state index is -3.75. The second-order valence-electron chi connectivity index (χ2n) is 5.48. The number of hydrogen-bond acceptors (Lipinski definition) is 6. The fourth-order valence-electron chi connectivity index (χ4n) is 2.49. The van der Waals surface area contributed by atoms with Gasteiger partial charge in [0.2, 0.25) is 21.8 Å². The molecule has 0 aliphatic carbocycles. The number of nitrogens with zero attached hydrogens (tertiary/aromatic N) is 2. The largest absolute Gasteiger partial charge is 0.424 e. The van der Waals surface area contributed by atoms with E-state index in [1.165, 1.54) is 12.1 Å². The first-order chi connectivity index (χ1) is 11.4. The van der Waals surface area contributed by atoms with Gasteiger partial charge in [0.15, 0.2) is 0 Å². The maximum atomic E-state index is 13.8. The maximum Gasteiger partial charge on any atom is 0.237 e. The molecule has 0 radical (unpaired) electrons. The van der Waals surface area contributed by atoms with Gasteiger partial charge < -0.3 is 9.73 Å². The van der Waals surface area contributed by atoms with Gasteiger partial charge in [0.05, 0.1) is 17.0 Å². The fourth-order valence-corrected chi connectivity index (χ4v) is 4.22. The number of aryl methyl sites for hydroxylation is 1. The molecule has 10 heteroatoms. The lowest BCUT2D eigenvalue weighted by molar-refractivity contribution is 0.405. The standard InChI is InChI=1S/C14H16BrFN4O3S/c1-2-13-18-19-14(23-13)12-6-9(7-17-12)24(21,22)20-11-4-3-8(15)5-10(11)16/h3-5,9,12,17,20H,2,6-7H2,1H3. The average molecular weight is 419 g/mol. The van der Waals surface area contributed by atoms with Crippen molar-refractivity contribution in [1.29, 1.82) is 0 Å². The Bertz CT molecular complexity index is 842. The molecule has 0 saturated carbocycles. The summed E-state index contributed by atoms with van der Waals surface area (Å²) < 4.78 is 47.1. The second-order valence-corrected chi connectivity index (χ2v) is 8.35. The van der Waals surface area contributed by atoms with Crippen molar-refractivity contribution >= 4 is 31.6 Å². The van der Waals surface area contributed by atoms with Gasteiger partial charge in [-0.15, -0.1) is 10.2 Å². The molecule has 1 aromatic carbocycles. The molecule has 7 nitrogen and oxygen atoms in total. The molecule has 2 unspecified atom stereocenters. The Kier molecular flexibility index (Phi) is 4.88. The molecular formula is C14H16BrFN4O3S. The zero-order valence-corrected chi connectivity index (χ0v) is 15.2. The Labute approximate surface area is 147 Å². The summed E-state index contributed by atoms with van der Waals surface area (Å²) in [6.07, 6.45) is 0.894. The van der Waals surface area contributed by atoms with E-state index in [0.29, 0.717) is 22.7 Å². The summed E-state index contributed by atoms with van der Waals surface area (Å²) in [5.74, 6) is 0.243. The van der Waals surface area contributed by atoms with E-state index in [9.17, 15) is 12.8 Å². The Morgan fingerprint density at radius 2 is 2.25 bits per heavy atom. The third kappa shape index (κ3) is 3.60. The smallest absolute Gasteiger partial charge is 0.237 e. The SMILES string of the molecule is CCc1nnc(C2CC(S(=O)(=O)Nc3ccc(Br)cc3F)CN2)o1. The number of hydrogen-bond donors (Lipinski definition) is 2. The van der Waals surface area contributed by atoms with Gasteiger partial charge in [-0.25, -0.2) is 12.8 Å². The van der Waals surface area contributed by atoms with Crippen LogP contribution in [-0.4, -0.2) is 30.4 Å². The van der Waals surface area contributed by atoms with E-state index in [4.69, 9.17) is 4.42 Å². The van der Waals surface area contributed by atoms with Gasteiger partial charge in [0.25, 0.3) is 0 Å². The van der Waals surface area contributed by atoms with Crippen LogP contribution in [0.5, 0.6) is 0 Å². The van der Waals surface area contributed by atoms with Crippen molar-refractivity contribution in [2.45, 2.75) is 31.1 Å². The summed E-state index contributed by atoms with van der Waals surface area (Å²) in [6, 6.07) is 3.83. The highest BCUT2D eigenvalue weighted by molar-refractivity contribution is 9.10. The van der Waals surface area contributed by atoms with Gasteiger partial charge in [-0.05, 0) is 24.6 Å². The van der Waals surface area contributed by atoms with Gasteiger partial charge in [-0.3, -0.25) is 4.72 Å². The van der Waals surface area contributed by atoms with Crippen LogP contribution in [0.1, 0.15) is 31.2 Å². The van der Waals surface area contributed by atoms with Crippen LogP contribution < -0.4 is 10.0 Å². The van der Waals surface area contributed by atoms with Crippen molar-refractivity contribution in [2.75, 3.05) is 11.3 Å². The van der Waals surface area contributed by atoms with Crippen molar-refractivity contribution in [3.05, 3.63) is 40.3 Å². The molecule has 0 spiro atoms. The average Bonchev–Trinajstić information content (AvgIpc) is 3.18. The molecule has 24 heavy (non-hydrogen) atoms. The summed E-state index contributed by atoms with van der Waals surface area (Å²) >= 11 is 3.13. The summed E-state index contributed by atoms with van der Waals surface area (Å²) in [6.45, 7) is 2.12. The zero-order valence-electron chi connectivity index (χ0n) is 12.8. The molecule has 1 aromatic heterocycles. The first-order valence-electron chi connectivity index (χ1n) is 7.41. The summed E-state index contributed by atoms with van der Waals surface area (Å²) in [4.78, 5) is 0. The van der Waals surface area contributed by atoms with Crippen molar-refractivity contribution in [3.63, 3.8) is 0 Å². The van der Waals surface area contributed by atoms with Gasteiger partial charge in [-0.2, -0.15) is 0 Å². The number of anilines is 1. The Balaban J connectivity index is 1.71. The predicted octanol–water partition coefficient (Wildman–Crippen LogP) is 2.38. The molecule has 2 heterocycles. The van der Waals surface area contributed by atoms with E-state index in [2.05, 4.69) is 36.2 Å². The number of sulfonamides is 1. The number of benzene rings is 1. The van der Waals surface area contributed by atoms with E-state index in [1.54, 1.807) is 6.07 Å². The topological polar surface area (TPSA) is 97.1 Å². The highest BCUT2D eigenvalue weighted by Gasteiger charge is 2.37. The second kappa shape index (κ2) is 6.77. The Hall–Kier alpha value is -1.52. The number of nitrogens with one attached hydrogen (secondary N) is 2. The molecule has 2 aromatic rings. The molecule has 2 N–H and O–H groups in total. The van der Waals surface area contributed by atoms with Gasteiger partial charge in [-0.1, -0.05) is 22.9 Å². The lowest BCUT2D eigenvalue weighted by Gasteiger charge is -2.13. The van der Waals surface area contributed by atoms with Crippen LogP contribution in [-0.2, 0) is 16.4 Å². The fraction of sp³-hybridized carbons (Fsp3) is 0.429. The molecular weight excluding hydrogens is 403 g/mol. The van der Waals surface area contributed by atoms with E-state index in [0.717, 1.165) is 0 Å². The maximum absolute atomic E-state index is 13.8. The molecule has 1 fully saturated rings. The summed E-state index contributed by atoms with van der Waals surface area (Å²) in [5, 5.41) is 10.2. The van der Waals surface area contributed by atoms with E-state index >= 15 is 0 Å². The highest BCUT2D eigenvalue weighted by Crippen LogP contribution is 2.28. The van der Waals surface area contributed by atoms with Crippen molar-refractivity contribution < 1.29 is 17.2 Å². The molecule has 2 atom stereocenters. The first kappa shape index (κ1) is 17.3. The molecule has 1 saturated heterocycles. The van der Waals surface area contributed by atoms with Gasteiger partial charge >= 0.3 is 0 Å². The molecule has 0 bridgehead atoms. The van der Waals surface area contributed by atoms with Gasteiger partial charge in [0.1, 0.15) is 5.82 Å². The van der Waals surface area contributed by atoms with E-state index in [-0.39, 0.29) is 24.7 Å². The molecule has 130 valence electrons. The highest BCUT2D eigenvalue weighted by atomic mass is 79.9. The van der Waals surface area contributed by atoms with Crippen LogP contribution in [0.3, 0.4) is 0 Å². The van der Waals surface area contributed by atoms with Crippen LogP contribution in [0.2, 0.25) is 0 Å². The minimum Gasteiger partial charge on any atom is -0.424 e. The number of halogens is 2. The van der Waals surface area contributed by atoms with Crippen molar-refractivity contribution in [2.24, 2.45) is 0 Å². The zero-order chi connectivity index (χ0) is 17.3. The van der Waals surface area contributed by atoms with Crippen LogP contribution >= 0.6 is 15.9 Å². The molecule has 1 aliphatic rings. The van der Waals surface area contributed by atoms with Crippen LogP contribution in [0.15, 0.2) is 27.1 Å². The van der Waals surface area contributed by atoms with Crippen molar-refractivity contribution in [3.8, 4) is 0 Å². The molecule has 3 rings (SSSR count). The predicted molar refractivity (Wildman–Crippen MR) is 89.5 cm³/mol. The normalized spacial score (nSPS) is 21.1. The van der Waals surface area contributed by atoms with Crippen LogP contribution in [0.25, 0.3) is 0 Å². The number of aromatic nitrogens is 2. The third-order valence-corrected chi connectivity index (χ3v) is 6.03. The van der Waals surface area contributed by atoms with Crippen LogP contribution in [0.4, 0.5) is 10.1 Å². The summed E-state index contributed by atoms with van der Waals surface area (Å²) in [5.41, 5.74) is -0.0762.